The molecule has 12 heavy (non-hydrogen) atoms. The van der Waals surface area contributed by atoms with Gasteiger partial charge in [-0.05, 0) is 0 Å². The third-order valence-electron chi connectivity index (χ3n) is 1.48. The van der Waals surface area contributed by atoms with Crippen molar-refractivity contribution in [2.45, 2.75) is 11.1 Å². The van der Waals surface area contributed by atoms with Crippen molar-refractivity contribution < 1.29 is 0 Å². The zero-order chi connectivity index (χ0) is 8.81. The Morgan fingerprint density at radius 3 is 2.83 bits per heavy atom. The molecule has 0 aromatic heterocycles. The van der Waals surface area contributed by atoms with Crippen molar-refractivity contribution >= 4 is 34.4 Å². The van der Waals surface area contributed by atoms with Crippen molar-refractivity contribution in [3.63, 3.8) is 0 Å². The second-order valence-electron chi connectivity index (χ2n) is 2.19. The molecule has 0 aliphatic carbocycles. The van der Waals surface area contributed by atoms with Gasteiger partial charge in [0.2, 0.25) is 0 Å². The van der Waals surface area contributed by atoms with Gasteiger partial charge >= 0.3 is 85.6 Å². The van der Waals surface area contributed by atoms with Gasteiger partial charge < -0.3 is 0 Å². The van der Waals surface area contributed by atoms with E-state index in [9.17, 15) is 0 Å². The Hall–Kier alpha value is -0.251. The zero-order valence-electron chi connectivity index (χ0n) is 6.78. The first-order valence-electron chi connectivity index (χ1n) is 3.51. The fourth-order valence-corrected chi connectivity index (χ4v) is 3.68. The number of rotatable bonds is 3. The Morgan fingerprint density at radius 1 is 1.42 bits per heavy atom. The molecule has 1 aromatic carbocycles. The maximum absolute atomic E-state index is 8.47. The Balaban J connectivity index is 2.76. The van der Waals surface area contributed by atoms with Crippen LogP contribution in [0.5, 0.6) is 0 Å². The molecule has 0 aliphatic heterocycles. The van der Waals surface area contributed by atoms with E-state index in [0.717, 1.165) is 5.32 Å². The molecule has 62 valence electrons. The van der Waals surface area contributed by atoms with E-state index >= 15 is 0 Å². The summed E-state index contributed by atoms with van der Waals surface area (Å²) in [5.41, 5.74) is 1.38. The summed E-state index contributed by atoms with van der Waals surface area (Å²) >= 11 is 0.684. The van der Waals surface area contributed by atoms with Crippen molar-refractivity contribution in [2.75, 3.05) is 0 Å². The molecule has 0 fully saturated rings. The van der Waals surface area contributed by atoms with Gasteiger partial charge in [0, 0.05) is 0 Å². The third-order valence-corrected chi connectivity index (χ3v) is 4.47. The van der Waals surface area contributed by atoms with Crippen LogP contribution in [0, 0.1) is 10.2 Å². The molecule has 0 aliphatic rings. The summed E-state index contributed by atoms with van der Waals surface area (Å²) < 4.78 is 1.45. The minimum atomic E-state index is 0.126. The van der Waals surface area contributed by atoms with Gasteiger partial charge in [-0.15, -0.1) is 0 Å². The van der Waals surface area contributed by atoms with Crippen LogP contribution in [0.3, 0.4) is 0 Å². The van der Waals surface area contributed by atoms with E-state index < -0.39 is 0 Å². The van der Waals surface area contributed by atoms with Crippen LogP contribution >= 0.6 is 0 Å². The van der Waals surface area contributed by atoms with Crippen LogP contribution < -0.4 is 4.46 Å². The van der Waals surface area contributed by atoms with E-state index in [1.54, 1.807) is 0 Å². The average Bonchev–Trinajstić information content (AvgIpc) is 2.15. The summed E-state index contributed by atoms with van der Waals surface area (Å²) in [7, 11) is 0. The van der Waals surface area contributed by atoms with Crippen LogP contribution in [-0.4, -0.2) is 29.9 Å². The molecule has 0 unspecified atom stereocenters. The first-order valence-corrected chi connectivity index (χ1v) is 8.15. The van der Waals surface area contributed by atoms with Crippen LogP contribution in [-0.2, 0) is 5.32 Å². The molecular formula is C9H9NSe2. The SMILES string of the molecule is C[Se]c1ccccc1C[Se]C#N. The molecule has 0 saturated heterocycles. The van der Waals surface area contributed by atoms with Gasteiger partial charge in [-0.3, -0.25) is 0 Å². The predicted molar refractivity (Wildman–Crippen MR) is 52.8 cm³/mol. The van der Waals surface area contributed by atoms with E-state index in [1.807, 2.05) is 0 Å². The molecule has 0 heterocycles. The normalized spacial score (nSPS) is 9.33. The Morgan fingerprint density at radius 2 is 2.17 bits per heavy atom. The number of benzene rings is 1. The Bertz CT molecular complexity index is 291. The second kappa shape index (κ2) is 5.40. The minimum absolute atomic E-state index is 0.126. The molecule has 1 aromatic rings. The summed E-state index contributed by atoms with van der Waals surface area (Å²) in [5.74, 6) is 2.21. The van der Waals surface area contributed by atoms with E-state index in [2.05, 4.69) is 35.1 Å². The molecule has 0 amide bonds. The summed E-state index contributed by atoms with van der Waals surface area (Å²) in [5, 5.41) is 9.44. The van der Waals surface area contributed by atoms with E-state index in [1.165, 1.54) is 10.0 Å². The van der Waals surface area contributed by atoms with Crippen LogP contribution in [0.15, 0.2) is 24.3 Å². The van der Waals surface area contributed by atoms with Gasteiger partial charge in [0.1, 0.15) is 0 Å². The number of hydrogen-bond donors (Lipinski definition) is 0. The molecule has 0 saturated carbocycles. The zero-order valence-corrected chi connectivity index (χ0v) is 10.2. The molecular weight excluding hydrogens is 280 g/mol. The van der Waals surface area contributed by atoms with Gasteiger partial charge in [0.15, 0.2) is 0 Å². The predicted octanol–water partition coefficient (Wildman–Crippen LogP) is 0.749. The number of nitrogens with zero attached hydrogens (tertiary/aromatic N) is 1. The van der Waals surface area contributed by atoms with Crippen molar-refractivity contribution in [1.82, 2.24) is 0 Å². The number of nitriles is 1. The Labute approximate surface area is 85.5 Å². The van der Waals surface area contributed by atoms with E-state index in [4.69, 9.17) is 5.26 Å². The molecule has 1 nitrogen and oxygen atoms in total. The van der Waals surface area contributed by atoms with Crippen molar-refractivity contribution in [3.8, 4) is 4.97 Å². The average molecular weight is 289 g/mol. The topological polar surface area (TPSA) is 23.8 Å². The van der Waals surface area contributed by atoms with Crippen molar-refractivity contribution in [3.05, 3.63) is 29.8 Å². The molecule has 0 N–H and O–H groups in total. The van der Waals surface area contributed by atoms with Crippen molar-refractivity contribution in [2.24, 2.45) is 0 Å². The second-order valence-corrected chi connectivity index (χ2v) is 5.57. The fraction of sp³-hybridized carbons (Fsp3) is 0.222. The molecule has 0 spiro atoms. The Kier molecular flexibility index (Phi) is 4.43. The maximum atomic E-state index is 8.47. The first-order chi connectivity index (χ1) is 5.88. The van der Waals surface area contributed by atoms with Crippen LogP contribution in [0.1, 0.15) is 5.56 Å². The molecule has 0 atom stereocenters. The summed E-state index contributed by atoms with van der Waals surface area (Å²) in [4.78, 5) is 2.24. The van der Waals surface area contributed by atoms with Crippen LogP contribution in [0.2, 0.25) is 5.82 Å². The number of hydrogen-bond acceptors (Lipinski definition) is 1. The fourth-order valence-electron chi connectivity index (χ4n) is 0.932. The van der Waals surface area contributed by atoms with Crippen LogP contribution in [0.4, 0.5) is 0 Å². The molecule has 0 radical (unpaired) electrons. The van der Waals surface area contributed by atoms with Gasteiger partial charge in [-0.25, -0.2) is 0 Å². The van der Waals surface area contributed by atoms with Gasteiger partial charge in [-0.1, -0.05) is 0 Å². The van der Waals surface area contributed by atoms with Gasteiger partial charge in [-0.2, -0.15) is 0 Å². The van der Waals surface area contributed by atoms with Crippen LogP contribution in [0.25, 0.3) is 0 Å². The summed E-state index contributed by atoms with van der Waals surface area (Å²) in [6.07, 6.45) is 0. The van der Waals surface area contributed by atoms with E-state index in [-0.39, 0.29) is 15.0 Å². The molecule has 3 heteroatoms. The van der Waals surface area contributed by atoms with Gasteiger partial charge in [0.05, 0.1) is 0 Å². The third kappa shape index (κ3) is 2.66. The van der Waals surface area contributed by atoms with Gasteiger partial charge in [0.25, 0.3) is 0 Å². The molecule has 1 rings (SSSR count). The molecule has 0 bridgehead atoms. The summed E-state index contributed by atoms with van der Waals surface area (Å²) in [6.45, 7) is 0. The van der Waals surface area contributed by atoms with E-state index in [0.29, 0.717) is 15.0 Å². The first kappa shape index (κ1) is 9.83. The standard InChI is InChI=1S/C9H9NSe2/c1-11-9-5-3-2-4-8(9)6-12-7-10/h2-5H,6H2,1H3. The van der Waals surface area contributed by atoms with Crippen molar-refractivity contribution in [1.29, 1.82) is 5.26 Å². The summed E-state index contributed by atoms with van der Waals surface area (Å²) in [6, 6.07) is 8.43. The monoisotopic (exact) mass is 291 g/mol. The quantitative estimate of drug-likeness (QED) is 0.753.